The Labute approximate surface area is 174 Å². The summed E-state index contributed by atoms with van der Waals surface area (Å²) in [5, 5.41) is 0. The van der Waals surface area contributed by atoms with E-state index in [2.05, 4.69) is 65.0 Å². The minimum atomic E-state index is 0. The van der Waals surface area contributed by atoms with Crippen molar-refractivity contribution in [3.8, 4) is 0 Å². The first-order chi connectivity index (χ1) is 12.2. The largest absolute Gasteiger partial charge is 0.747 e. The van der Waals surface area contributed by atoms with E-state index in [0.717, 1.165) is 0 Å². The standard InChI is InChI=1S/C14H23.C11H17.Fe/c1-4-7-12-10-13(8-5-2)14(11-12)9-6-3;1-3-6-10-8-5-9-11(10)7-4-2;/h10-11H,4-9H2,1-3H3;5,8-9H,3-4,6-7H2,1-2H3;/q-1;-5;. The van der Waals surface area contributed by atoms with Crippen LogP contribution in [0.2, 0.25) is 0 Å². The van der Waals surface area contributed by atoms with Crippen molar-refractivity contribution < 1.29 is 17.1 Å². The minimum absolute atomic E-state index is 0. The average molecular weight is 396 g/mol. The van der Waals surface area contributed by atoms with Crippen LogP contribution in [-0.2, 0) is 49.2 Å². The van der Waals surface area contributed by atoms with Crippen LogP contribution in [0.15, 0.2) is 30.3 Å². The smallest absolute Gasteiger partial charge is 0 e. The van der Waals surface area contributed by atoms with Gasteiger partial charge in [-0.15, -0.1) is 0 Å². The van der Waals surface area contributed by atoms with E-state index in [-0.39, 0.29) is 17.1 Å². The molecule has 0 saturated heterocycles. The van der Waals surface area contributed by atoms with Crippen molar-refractivity contribution in [1.29, 1.82) is 0 Å². The Morgan fingerprint density at radius 1 is 0.654 bits per heavy atom. The first-order valence-electron chi connectivity index (χ1n) is 10.7. The molecular formula is C25H40Fe-6. The number of aryl methyl sites for hydroxylation is 5. The molecule has 0 bridgehead atoms. The van der Waals surface area contributed by atoms with E-state index >= 15 is 0 Å². The van der Waals surface area contributed by atoms with E-state index in [1.54, 1.807) is 27.8 Å². The predicted octanol–water partition coefficient (Wildman–Crippen LogP) is 7.57. The monoisotopic (exact) mass is 396 g/mol. The SMILES string of the molecule is CCC[c-]1[cH-][cH-][cH-][c-]1CCC.CCCc1c[c-](CCC)cc1CCC.[Fe]. The molecule has 0 aromatic heterocycles. The van der Waals surface area contributed by atoms with Gasteiger partial charge in [0.1, 0.15) is 0 Å². The molecule has 154 valence electrons. The van der Waals surface area contributed by atoms with Crippen LogP contribution in [0.25, 0.3) is 0 Å². The summed E-state index contributed by atoms with van der Waals surface area (Å²) in [5.74, 6) is 0. The third kappa shape index (κ3) is 8.74. The maximum absolute atomic E-state index is 2.43. The number of hydrogen-bond donors (Lipinski definition) is 0. The fourth-order valence-corrected chi connectivity index (χ4v) is 3.63. The van der Waals surface area contributed by atoms with Crippen molar-refractivity contribution in [2.75, 3.05) is 0 Å². The normalized spacial score (nSPS) is 10.2. The van der Waals surface area contributed by atoms with Crippen LogP contribution >= 0.6 is 0 Å². The third-order valence-electron chi connectivity index (χ3n) is 4.76. The molecule has 0 radical (unpaired) electrons. The first-order valence-corrected chi connectivity index (χ1v) is 10.7. The maximum atomic E-state index is 2.43. The summed E-state index contributed by atoms with van der Waals surface area (Å²) < 4.78 is 0. The van der Waals surface area contributed by atoms with Crippen molar-refractivity contribution in [3.63, 3.8) is 0 Å². The van der Waals surface area contributed by atoms with Gasteiger partial charge in [-0.25, -0.2) is 12.8 Å². The van der Waals surface area contributed by atoms with E-state index in [1.165, 1.54) is 64.2 Å². The quantitative estimate of drug-likeness (QED) is 0.287. The Kier molecular flexibility index (Phi) is 14.8. The molecule has 0 atom stereocenters. The van der Waals surface area contributed by atoms with Gasteiger partial charge in [-0.3, -0.25) is 0 Å². The Morgan fingerprint density at radius 2 is 1.08 bits per heavy atom. The number of hydrogen-bond acceptors (Lipinski definition) is 0. The molecule has 0 unspecified atom stereocenters. The van der Waals surface area contributed by atoms with Crippen LogP contribution in [0, 0.1) is 0 Å². The van der Waals surface area contributed by atoms with Crippen LogP contribution in [0.4, 0.5) is 0 Å². The molecule has 1 heteroatoms. The molecular weight excluding hydrogens is 356 g/mol. The molecule has 26 heavy (non-hydrogen) atoms. The van der Waals surface area contributed by atoms with Crippen molar-refractivity contribution in [2.24, 2.45) is 0 Å². The zero-order chi connectivity index (χ0) is 18.5. The predicted molar refractivity (Wildman–Crippen MR) is 114 cm³/mol. The van der Waals surface area contributed by atoms with E-state index in [9.17, 15) is 0 Å². The summed E-state index contributed by atoms with van der Waals surface area (Å²) in [6.07, 6.45) is 12.6. The molecule has 0 heterocycles. The molecule has 0 aliphatic heterocycles. The van der Waals surface area contributed by atoms with Gasteiger partial charge >= 0.3 is 0 Å². The second kappa shape index (κ2) is 15.3. The molecule has 0 N–H and O–H groups in total. The zero-order valence-electron chi connectivity index (χ0n) is 17.8. The average Bonchev–Trinajstić information content (AvgIpc) is 3.18. The summed E-state index contributed by atoms with van der Waals surface area (Å²) in [6.45, 7) is 11.3. The summed E-state index contributed by atoms with van der Waals surface area (Å²) in [6, 6.07) is 11.6. The Balaban J connectivity index is 0.000000475. The Hall–Kier alpha value is -0.781. The third-order valence-corrected chi connectivity index (χ3v) is 4.76. The summed E-state index contributed by atoms with van der Waals surface area (Å²) >= 11 is 0. The van der Waals surface area contributed by atoms with Crippen LogP contribution in [0.5, 0.6) is 0 Å². The van der Waals surface area contributed by atoms with E-state index in [0.29, 0.717) is 0 Å². The second-order valence-electron chi connectivity index (χ2n) is 7.24. The molecule has 2 rings (SSSR count). The van der Waals surface area contributed by atoms with Gasteiger partial charge in [0.15, 0.2) is 0 Å². The summed E-state index contributed by atoms with van der Waals surface area (Å²) in [4.78, 5) is 0. The summed E-state index contributed by atoms with van der Waals surface area (Å²) in [7, 11) is 0. The molecule has 2 aromatic carbocycles. The van der Waals surface area contributed by atoms with Gasteiger partial charge in [0.05, 0.1) is 0 Å². The van der Waals surface area contributed by atoms with Crippen LogP contribution in [0.1, 0.15) is 94.5 Å². The van der Waals surface area contributed by atoms with Gasteiger partial charge in [-0.1, -0.05) is 86.0 Å². The fraction of sp³-hybridized carbons (Fsp3) is 0.600. The molecule has 0 spiro atoms. The second-order valence-corrected chi connectivity index (χ2v) is 7.24. The topological polar surface area (TPSA) is 0 Å². The maximum Gasteiger partial charge on any atom is 0 e. The van der Waals surface area contributed by atoms with Gasteiger partial charge in [-0.05, 0) is 0 Å². The molecule has 0 fully saturated rings. The zero-order valence-corrected chi connectivity index (χ0v) is 18.9. The van der Waals surface area contributed by atoms with Crippen LogP contribution in [0.3, 0.4) is 0 Å². The fourth-order valence-electron chi connectivity index (χ4n) is 3.63. The minimum Gasteiger partial charge on any atom is -0.747 e. The molecule has 0 saturated carbocycles. The Bertz CT molecular complexity index is 514. The Morgan fingerprint density at radius 3 is 1.42 bits per heavy atom. The van der Waals surface area contributed by atoms with Crippen molar-refractivity contribution in [2.45, 2.75) is 98.8 Å². The molecule has 2 aromatic rings. The summed E-state index contributed by atoms with van der Waals surface area (Å²) in [5.41, 5.74) is 7.90. The molecule has 0 amide bonds. The van der Waals surface area contributed by atoms with Gasteiger partial charge in [0.2, 0.25) is 0 Å². The molecule has 0 aliphatic rings. The van der Waals surface area contributed by atoms with Gasteiger partial charge in [-0.2, -0.15) is 28.8 Å². The first kappa shape index (κ1) is 25.2. The van der Waals surface area contributed by atoms with Crippen molar-refractivity contribution in [1.82, 2.24) is 0 Å². The van der Waals surface area contributed by atoms with Crippen molar-refractivity contribution >= 4 is 0 Å². The van der Waals surface area contributed by atoms with Gasteiger partial charge in [0, 0.05) is 17.1 Å². The van der Waals surface area contributed by atoms with Crippen LogP contribution in [-0.4, -0.2) is 0 Å². The molecule has 0 nitrogen and oxygen atoms in total. The van der Waals surface area contributed by atoms with Gasteiger partial charge in [0.25, 0.3) is 0 Å². The van der Waals surface area contributed by atoms with E-state index in [1.807, 2.05) is 0 Å². The van der Waals surface area contributed by atoms with E-state index in [4.69, 9.17) is 0 Å². The molecule has 0 aliphatic carbocycles. The number of rotatable bonds is 10. The van der Waals surface area contributed by atoms with Crippen molar-refractivity contribution in [3.05, 3.63) is 58.1 Å². The van der Waals surface area contributed by atoms with Crippen LogP contribution < -0.4 is 0 Å². The van der Waals surface area contributed by atoms with E-state index < -0.39 is 0 Å². The van der Waals surface area contributed by atoms with Gasteiger partial charge < -0.3 is 29.3 Å².